The Kier molecular flexibility index (Phi) is 9.41. The number of nitrogens with zero attached hydrogens (tertiary/aromatic N) is 2. The number of carbonyl (C=O) groups excluding carboxylic acids is 2. The van der Waals surface area contributed by atoms with Gasteiger partial charge in [-0.3, -0.25) is 9.59 Å². The van der Waals surface area contributed by atoms with Gasteiger partial charge in [0.25, 0.3) is 11.8 Å². The van der Waals surface area contributed by atoms with Gasteiger partial charge in [0.1, 0.15) is 17.3 Å². The standard InChI is InChI=1S/C26H35F2N3O3/c1-7-16(4)10-13-21-22(25(33)29-15-18-11-12-19(27)14-20(18)28)17(5)24(32)23(30(21)6)26(34)31(8-2)9-3/h11-12,14,16,32H,5,7-10,13,15H2,1-4,6H3,(H,29,33)/t16-/m1/s1. The van der Waals surface area contributed by atoms with Gasteiger partial charge < -0.3 is 20.2 Å². The van der Waals surface area contributed by atoms with Gasteiger partial charge >= 0.3 is 0 Å². The molecular weight excluding hydrogens is 440 g/mol. The van der Waals surface area contributed by atoms with E-state index in [-0.39, 0.29) is 40.6 Å². The highest BCUT2D eigenvalue weighted by Gasteiger charge is 2.36. The van der Waals surface area contributed by atoms with E-state index in [0.717, 1.165) is 25.0 Å². The maximum atomic E-state index is 14.0. The number of halogens is 2. The second kappa shape index (κ2) is 11.8. The number of allylic oxidation sites excluding steroid dienone is 2. The molecule has 2 rings (SSSR count). The number of rotatable bonds is 10. The lowest BCUT2D eigenvalue weighted by atomic mass is 9.91. The number of aliphatic hydroxyl groups excluding tert-OH is 1. The van der Waals surface area contributed by atoms with Crippen molar-refractivity contribution >= 4 is 11.8 Å². The highest BCUT2D eigenvalue weighted by Crippen LogP contribution is 2.36. The molecule has 1 aromatic carbocycles. The summed E-state index contributed by atoms with van der Waals surface area (Å²) in [5.74, 6) is -2.34. The average molecular weight is 476 g/mol. The van der Waals surface area contributed by atoms with E-state index in [1.807, 2.05) is 13.8 Å². The summed E-state index contributed by atoms with van der Waals surface area (Å²) in [6.45, 7) is 12.6. The molecule has 0 bridgehead atoms. The van der Waals surface area contributed by atoms with E-state index >= 15 is 0 Å². The van der Waals surface area contributed by atoms with Crippen LogP contribution in [0.4, 0.5) is 8.78 Å². The normalized spacial score (nSPS) is 15.0. The maximum Gasteiger partial charge on any atom is 0.274 e. The van der Waals surface area contributed by atoms with Crippen molar-refractivity contribution in [3.8, 4) is 0 Å². The van der Waals surface area contributed by atoms with Crippen molar-refractivity contribution in [2.45, 2.75) is 53.5 Å². The second-order valence-corrected chi connectivity index (χ2v) is 8.50. The minimum absolute atomic E-state index is 0.0461. The van der Waals surface area contributed by atoms with E-state index < -0.39 is 17.5 Å². The predicted octanol–water partition coefficient (Wildman–Crippen LogP) is 4.80. The van der Waals surface area contributed by atoms with Crippen LogP contribution in [0.25, 0.3) is 0 Å². The van der Waals surface area contributed by atoms with Crippen LogP contribution in [0.3, 0.4) is 0 Å². The van der Waals surface area contributed by atoms with E-state index in [2.05, 4.69) is 25.7 Å². The summed E-state index contributed by atoms with van der Waals surface area (Å²) < 4.78 is 27.2. The molecule has 2 N–H and O–H groups in total. The van der Waals surface area contributed by atoms with Gasteiger partial charge in [0.05, 0.1) is 5.57 Å². The Bertz CT molecular complexity index is 1010. The molecular formula is C26H35F2N3O3. The van der Waals surface area contributed by atoms with Crippen LogP contribution in [0.5, 0.6) is 0 Å². The summed E-state index contributed by atoms with van der Waals surface area (Å²) in [6, 6.07) is 3.14. The highest BCUT2D eigenvalue weighted by molar-refractivity contribution is 6.03. The Morgan fingerprint density at radius 1 is 1.21 bits per heavy atom. The molecule has 0 radical (unpaired) electrons. The van der Waals surface area contributed by atoms with Crippen LogP contribution >= 0.6 is 0 Å². The third-order valence-corrected chi connectivity index (χ3v) is 6.35. The first-order valence-electron chi connectivity index (χ1n) is 11.7. The molecule has 186 valence electrons. The zero-order chi connectivity index (χ0) is 25.6. The Morgan fingerprint density at radius 2 is 1.85 bits per heavy atom. The van der Waals surface area contributed by atoms with Crippen molar-refractivity contribution in [2.24, 2.45) is 5.92 Å². The fraction of sp³-hybridized carbons (Fsp3) is 0.462. The van der Waals surface area contributed by atoms with Gasteiger partial charge in [-0.05, 0) is 38.7 Å². The molecule has 1 aliphatic rings. The molecule has 6 nitrogen and oxygen atoms in total. The molecule has 1 atom stereocenters. The van der Waals surface area contributed by atoms with Crippen LogP contribution in [0.2, 0.25) is 0 Å². The average Bonchev–Trinajstić information content (AvgIpc) is 2.80. The number of aliphatic hydroxyl groups is 1. The fourth-order valence-electron chi connectivity index (χ4n) is 3.88. The lowest BCUT2D eigenvalue weighted by Crippen LogP contribution is -2.41. The maximum absolute atomic E-state index is 14.0. The molecule has 1 aliphatic heterocycles. The first-order chi connectivity index (χ1) is 16.1. The molecule has 2 amide bonds. The molecule has 0 unspecified atom stereocenters. The van der Waals surface area contributed by atoms with E-state index in [1.165, 1.54) is 6.07 Å². The van der Waals surface area contributed by atoms with E-state index in [1.54, 1.807) is 16.8 Å². The van der Waals surface area contributed by atoms with E-state index in [4.69, 9.17) is 0 Å². The number of hydrogen-bond donors (Lipinski definition) is 2. The van der Waals surface area contributed by atoms with Crippen molar-refractivity contribution in [3.05, 3.63) is 70.3 Å². The first-order valence-corrected chi connectivity index (χ1v) is 11.7. The first kappa shape index (κ1) is 27.1. The van der Waals surface area contributed by atoms with Crippen molar-refractivity contribution in [1.29, 1.82) is 0 Å². The monoisotopic (exact) mass is 475 g/mol. The predicted molar refractivity (Wildman–Crippen MR) is 128 cm³/mol. The Hall–Kier alpha value is -3.16. The second-order valence-electron chi connectivity index (χ2n) is 8.50. The van der Waals surface area contributed by atoms with Gasteiger partial charge in [0.15, 0.2) is 5.76 Å². The van der Waals surface area contributed by atoms with Crippen LogP contribution in [-0.4, -0.2) is 46.9 Å². The Balaban J connectivity index is 2.43. The summed E-state index contributed by atoms with van der Waals surface area (Å²) in [7, 11) is 1.65. The van der Waals surface area contributed by atoms with Gasteiger partial charge in [-0.25, -0.2) is 8.78 Å². The van der Waals surface area contributed by atoms with Crippen molar-refractivity contribution in [1.82, 2.24) is 15.1 Å². The molecule has 0 aliphatic carbocycles. The van der Waals surface area contributed by atoms with E-state index in [9.17, 15) is 23.5 Å². The number of hydrogen-bond acceptors (Lipinski definition) is 4. The van der Waals surface area contributed by atoms with Crippen LogP contribution in [-0.2, 0) is 16.1 Å². The van der Waals surface area contributed by atoms with Gasteiger partial charge in [-0.15, -0.1) is 0 Å². The molecule has 1 aromatic rings. The zero-order valence-corrected chi connectivity index (χ0v) is 20.7. The molecule has 0 aromatic heterocycles. The third-order valence-electron chi connectivity index (χ3n) is 6.35. The minimum Gasteiger partial charge on any atom is -0.505 e. The smallest absolute Gasteiger partial charge is 0.274 e. The van der Waals surface area contributed by atoms with E-state index in [0.29, 0.717) is 31.1 Å². The number of benzene rings is 1. The van der Waals surface area contributed by atoms with Crippen LogP contribution < -0.4 is 5.32 Å². The molecule has 1 heterocycles. The Morgan fingerprint density at radius 3 is 2.41 bits per heavy atom. The highest BCUT2D eigenvalue weighted by atomic mass is 19.1. The van der Waals surface area contributed by atoms with Crippen LogP contribution in [0.15, 0.2) is 53.1 Å². The summed E-state index contributed by atoms with van der Waals surface area (Å²) in [6.07, 6.45) is 2.20. The molecule has 34 heavy (non-hydrogen) atoms. The molecule has 8 heteroatoms. The fourth-order valence-corrected chi connectivity index (χ4v) is 3.88. The lowest BCUT2D eigenvalue weighted by Gasteiger charge is -2.35. The van der Waals surface area contributed by atoms with Crippen molar-refractivity contribution in [2.75, 3.05) is 20.1 Å². The molecule has 0 fully saturated rings. The summed E-state index contributed by atoms with van der Waals surface area (Å²) in [4.78, 5) is 29.5. The number of likely N-dealkylation sites (N-methyl/N-ethyl adjacent to an activating group) is 2. The van der Waals surface area contributed by atoms with Gasteiger partial charge in [-0.1, -0.05) is 32.9 Å². The number of nitrogens with one attached hydrogen (secondary N) is 1. The zero-order valence-electron chi connectivity index (χ0n) is 20.7. The topological polar surface area (TPSA) is 72.9 Å². The Labute approximate surface area is 200 Å². The summed E-state index contributed by atoms with van der Waals surface area (Å²) in [5.41, 5.74) is 0.972. The summed E-state index contributed by atoms with van der Waals surface area (Å²) >= 11 is 0. The minimum atomic E-state index is -0.763. The molecule has 0 spiro atoms. The van der Waals surface area contributed by atoms with Gasteiger partial charge in [0.2, 0.25) is 0 Å². The van der Waals surface area contributed by atoms with Crippen molar-refractivity contribution < 1.29 is 23.5 Å². The van der Waals surface area contributed by atoms with Gasteiger partial charge in [-0.2, -0.15) is 0 Å². The third kappa shape index (κ3) is 5.85. The quantitative estimate of drug-likeness (QED) is 0.510. The molecule has 0 saturated carbocycles. The molecule has 0 saturated heterocycles. The number of carbonyl (C=O) groups is 2. The number of amides is 2. The van der Waals surface area contributed by atoms with Crippen LogP contribution in [0.1, 0.15) is 52.5 Å². The largest absolute Gasteiger partial charge is 0.505 e. The SMILES string of the molecule is C=C1C(O)=C(C(=O)N(CC)CC)N(C)C(CC[C@H](C)CC)=C1C(=O)NCc1ccc(F)cc1F. The van der Waals surface area contributed by atoms with Crippen LogP contribution in [0, 0.1) is 17.6 Å². The van der Waals surface area contributed by atoms with Crippen molar-refractivity contribution in [3.63, 3.8) is 0 Å². The summed E-state index contributed by atoms with van der Waals surface area (Å²) in [5, 5.41) is 13.6. The van der Waals surface area contributed by atoms with Gasteiger partial charge in [0, 0.05) is 49.6 Å². The lowest BCUT2D eigenvalue weighted by molar-refractivity contribution is -0.128.